The van der Waals surface area contributed by atoms with E-state index in [1.54, 1.807) is 12.1 Å². The van der Waals surface area contributed by atoms with Crippen LogP contribution in [0, 0.1) is 5.92 Å². The number of aryl methyl sites for hydroxylation is 2. The molecule has 0 saturated heterocycles. The molecule has 0 aromatic heterocycles. The van der Waals surface area contributed by atoms with Gasteiger partial charge in [-0.05, 0) is 54.9 Å². The molecule has 0 bridgehead atoms. The van der Waals surface area contributed by atoms with Gasteiger partial charge in [0.05, 0.1) is 4.90 Å². The smallest absolute Gasteiger partial charge is 0.240 e. The molecule has 1 aromatic carbocycles. The van der Waals surface area contributed by atoms with Crippen LogP contribution in [0.15, 0.2) is 23.1 Å². The van der Waals surface area contributed by atoms with Crippen molar-refractivity contribution in [3.05, 3.63) is 29.3 Å². The van der Waals surface area contributed by atoms with Crippen LogP contribution in [0.5, 0.6) is 0 Å². The van der Waals surface area contributed by atoms with Crippen LogP contribution in [0.25, 0.3) is 0 Å². The Balaban J connectivity index is 0.00000220. The van der Waals surface area contributed by atoms with Gasteiger partial charge in [0.2, 0.25) is 10.0 Å². The van der Waals surface area contributed by atoms with E-state index in [-0.39, 0.29) is 18.4 Å². The lowest BCUT2D eigenvalue weighted by molar-refractivity contribution is 0.547. The van der Waals surface area contributed by atoms with Gasteiger partial charge in [-0.2, -0.15) is 0 Å². The second-order valence-corrected chi connectivity index (χ2v) is 7.26. The van der Waals surface area contributed by atoms with Gasteiger partial charge in [0, 0.05) is 12.6 Å². The Morgan fingerprint density at radius 3 is 2.38 bits per heavy atom. The van der Waals surface area contributed by atoms with Gasteiger partial charge in [0.25, 0.3) is 0 Å². The molecule has 1 unspecified atom stereocenters. The highest BCUT2D eigenvalue weighted by Crippen LogP contribution is 2.31. The summed E-state index contributed by atoms with van der Waals surface area (Å²) in [6.07, 6.45) is 4.00. The van der Waals surface area contributed by atoms with Crippen LogP contribution in [0.3, 0.4) is 0 Å². The molecule has 1 saturated carbocycles. The van der Waals surface area contributed by atoms with Crippen molar-refractivity contribution in [3.8, 4) is 0 Å². The minimum absolute atomic E-state index is 0. The summed E-state index contributed by atoms with van der Waals surface area (Å²) in [4.78, 5) is 0.342. The molecule has 3 N–H and O–H groups in total. The second-order valence-electron chi connectivity index (χ2n) is 5.49. The second kappa shape index (κ2) is 7.58. The lowest BCUT2D eigenvalue weighted by Crippen LogP contribution is -2.38. The molecule has 6 heteroatoms. The minimum Gasteiger partial charge on any atom is -0.326 e. The Kier molecular flexibility index (Phi) is 6.66. The average Bonchev–Trinajstić information content (AvgIpc) is 3.28. The van der Waals surface area contributed by atoms with E-state index in [9.17, 15) is 8.42 Å². The van der Waals surface area contributed by atoms with Crippen molar-refractivity contribution in [2.75, 3.05) is 6.54 Å². The molecular formula is C15H25ClN2O2S. The normalized spacial score (nSPS) is 16.3. The summed E-state index contributed by atoms with van der Waals surface area (Å²) in [5.41, 5.74) is 8.25. The van der Waals surface area contributed by atoms with Crippen molar-refractivity contribution in [1.29, 1.82) is 0 Å². The number of nitrogens with one attached hydrogen (secondary N) is 1. The molecule has 1 fully saturated rings. The number of nitrogens with two attached hydrogens (primary N) is 1. The van der Waals surface area contributed by atoms with Crippen LogP contribution in [0.2, 0.25) is 0 Å². The summed E-state index contributed by atoms with van der Waals surface area (Å²) >= 11 is 0. The topological polar surface area (TPSA) is 72.2 Å². The van der Waals surface area contributed by atoms with Gasteiger partial charge < -0.3 is 5.73 Å². The molecule has 0 heterocycles. The van der Waals surface area contributed by atoms with Gasteiger partial charge in [-0.3, -0.25) is 0 Å². The van der Waals surface area contributed by atoms with Crippen LogP contribution in [0.4, 0.5) is 0 Å². The first-order valence-electron chi connectivity index (χ1n) is 7.35. The Morgan fingerprint density at radius 2 is 1.86 bits per heavy atom. The molecule has 0 amide bonds. The van der Waals surface area contributed by atoms with Crippen LogP contribution in [-0.2, 0) is 22.9 Å². The molecule has 0 spiro atoms. The first-order chi connectivity index (χ1) is 9.47. The lowest BCUT2D eigenvalue weighted by atomic mass is 10.0. The number of benzene rings is 1. The van der Waals surface area contributed by atoms with Crippen molar-refractivity contribution in [2.24, 2.45) is 11.7 Å². The molecule has 2 rings (SSSR count). The van der Waals surface area contributed by atoms with Gasteiger partial charge in [0.1, 0.15) is 0 Å². The summed E-state index contributed by atoms with van der Waals surface area (Å²) in [7, 11) is -3.45. The average molecular weight is 333 g/mol. The summed E-state index contributed by atoms with van der Waals surface area (Å²) < 4.78 is 27.2. The highest BCUT2D eigenvalue weighted by atomic mass is 35.5. The standard InChI is InChI=1S/C15H24N2O2S.ClH/c1-3-11-7-8-14(9-12(11)4-2)20(18,19)17-10-15(16)13-5-6-13;/h7-9,13,15,17H,3-6,10,16H2,1-2H3;1H. The van der Waals surface area contributed by atoms with Gasteiger partial charge >= 0.3 is 0 Å². The van der Waals surface area contributed by atoms with Crippen molar-refractivity contribution in [1.82, 2.24) is 4.72 Å². The fraction of sp³-hybridized carbons (Fsp3) is 0.600. The molecule has 1 aromatic rings. The Bertz CT molecular complexity index is 571. The van der Waals surface area contributed by atoms with Crippen LogP contribution >= 0.6 is 12.4 Å². The van der Waals surface area contributed by atoms with E-state index in [2.05, 4.69) is 11.6 Å². The van der Waals surface area contributed by atoms with E-state index in [0.717, 1.165) is 31.2 Å². The summed E-state index contributed by atoms with van der Waals surface area (Å²) in [5.74, 6) is 0.492. The zero-order chi connectivity index (χ0) is 14.8. The van der Waals surface area contributed by atoms with Crippen LogP contribution < -0.4 is 10.5 Å². The molecule has 1 aliphatic rings. The van der Waals surface area contributed by atoms with E-state index in [4.69, 9.17) is 5.73 Å². The van der Waals surface area contributed by atoms with Crippen molar-refractivity contribution in [2.45, 2.75) is 50.5 Å². The van der Waals surface area contributed by atoms with E-state index < -0.39 is 10.0 Å². The third kappa shape index (κ3) is 4.68. The zero-order valence-electron chi connectivity index (χ0n) is 12.6. The van der Waals surface area contributed by atoms with Crippen molar-refractivity contribution in [3.63, 3.8) is 0 Å². The van der Waals surface area contributed by atoms with E-state index in [1.807, 2.05) is 13.0 Å². The molecular weight excluding hydrogens is 308 g/mol. The lowest BCUT2D eigenvalue weighted by Gasteiger charge is -2.13. The number of halogens is 1. The predicted molar refractivity (Wildman–Crippen MR) is 88.3 cm³/mol. The van der Waals surface area contributed by atoms with Crippen molar-refractivity contribution >= 4 is 22.4 Å². The van der Waals surface area contributed by atoms with E-state index in [1.165, 1.54) is 5.56 Å². The SMILES string of the molecule is CCc1ccc(S(=O)(=O)NCC(N)C2CC2)cc1CC.Cl. The fourth-order valence-corrected chi connectivity index (χ4v) is 3.55. The number of hydrogen-bond donors (Lipinski definition) is 2. The Morgan fingerprint density at radius 1 is 1.24 bits per heavy atom. The fourth-order valence-electron chi connectivity index (χ4n) is 2.42. The first-order valence-corrected chi connectivity index (χ1v) is 8.83. The maximum Gasteiger partial charge on any atom is 0.240 e. The zero-order valence-corrected chi connectivity index (χ0v) is 14.3. The molecule has 0 aliphatic heterocycles. The number of rotatable bonds is 7. The molecule has 1 atom stereocenters. The van der Waals surface area contributed by atoms with Gasteiger partial charge in [0.15, 0.2) is 0 Å². The number of hydrogen-bond acceptors (Lipinski definition) is 3. The molecule has 4 nitrogen and oxygen atoms in total. The third-order valence-electron chi connectivity index (χ3n) is 3.99. The summed E-state index contributed by atoms with van der Waals surface area (Å²) in [6.45, 7) is 4.45. The Labute approximate surface area is 134 Å². The highest BCUT2D eigenvalue weighted by molar-refractivity contribution is 7.89. The maximum absolute atomic E-state index is 12.3. The predicted octanol–water partition coefficient (Wildman–Crippen LogP) is 2.25. The minimum atomic E-state index is -3.45. The molecule has 1 aliphatic carbocycles. The molecule has 120 valence electrons. The first kappa shape index (κ1) is 18.4. The highest BCUT2D eigenvalue weighted by Gasteiger charge is 2.29. The maximum atomic E-state index is 12.3. The van der Waals surface area contributed by atoms with Gasteiger partial charge in [-0.25, -0.2) is 13.1 Å². The van der Waals surface area contributed by atoms with E-state index >= 15 is 0 Å². The largest absolute Gasteiger partial charge is 0.326 e. The quantitative estimate of drug-likeness (QED) is 0.804. The van der Waals surface area contributed by atoms with E-state index in [0.29, 0.717) is 17.4 Å². The molecule has 21 heavy (non-hydrogen) atoms. The summed E-state index contributed by atoms with van der Waals surface area (Å²) in [5, 5.41) is 0. The molecule has 0 radical (unpaired) electrons. The Hall–Kier alpha value is -0.620. The van der Waals surface area contributed by atoms with Crippen LogP contribution in [-0.4, -0.2) is 21.0 Å². The van der Waals surface area contributed by atoms with Crippen molar-refractivity contribution < 1.29 is 8.42 Å². The van der Waals surface area contributed by atoms with Gasteiger partial charge in [-0.1, -0.05) is 19.9 Å². The monoisotopic (exact) mass is 332 g/mol. The van der Waals surface area contributed by atoms with Crippen LogP contribution in [0.1, 0.15) is 37.8 Å². The summed E-state index contributed by atoms with van der Waals surface area (Å²) in [6, 6.07) is 5.31. The number of sulfonamides is 1. The van der Waals surface area contributed by atoms with Gasteiger partial charge in [-0.15, -0.1) is 12.4 Å². The third-order valence-corrected chi connectivity index (χ3v) is 5.41.